The van der Waals surface area contributed by atoms with Crippen LogP contribution < -0.4 is 4.90 Å². The van der Waals surface area contributed by atoms with Crippen LogP contribution in [0.15, 0.2) is 78.5 Å². The zero-order chi connectivity index (χ0) is 20.5. The number of carbonyl (C=O) groups excluding carboxylic acids is 2. The molecular weight excluding hydrogens is 371 g/mol. The lowest BCUT2D eigenvalue weighted by atomic mass is 9.97. The van der Waals surface area contributed by atoms with Gasteiger partial charge in [0, 0.05) is 17.4 Å². The summed E-state index contributed by atoms with van der Waals surface area (Å²) >= 11 is 0. The molecule has 3 aromatic rings. The molecule has 144 valence electrons. The van der Waals surface area contributed by atoms with Gasteiger partial charge in [-0.05, 0) is 37.3 Å². The number of pyridine rings is 1. The summed E-state index contributed by atoms with van der Waals surface area (Å²) in [6, 6.07) is 16.5. The first-order valence-corrected chi connectivity index (χ1v) is 9.02. The molecule has 5 nitrogen and oxygen atoms in total. The van der Waals surface area contributed by atoms with Gasteiger partial charge in [0.15, 0.2) is 0 Å². The molecule has 1 fully saturated rings. The van der Waals surface area contributed by atoms with Gasteiger partial charge in [0.2, 0.25) is 0 Å². The Morgan fingerprint density at radius 1 is 1.03 bits per heavy atom. The minimum Gasteiger partial charge on any atom is -0.507 e. The minimum absolute atomic E-state index is 0.0817. The van der Waals surface area contributed by atoms with Crippen LogP contribution in [0.5, 0.6) is 0 Å². The Hall–Kier alpha value is -3.80. The number of halogens is 1. The molecule has 1 atom stereocenters. The van der Waals surface area contributed by atoms with E-state index in [2.05, 4.69) is 4.98 Å². The third kappa shape index (κ3) is 3.29. The Labute approximate surface area is 166 Å². The first kappa shape index (κ1) is 18.6. The highest BCUT2D eigenvalue weighted by atomic mass is 19.1. The molecule has 0 spiro atoms. The topological polar surface area (TPSA) is 70.5 Å². The van der Waals surface area contributed by atoms with Gasteiger partial charge >= 0.3 is 0 Å². The third-order valence-corrected chi connectivity index (χ3v) is 4.82. The SMILES string of the molecule is Cc1ccc(/C(O)=C2\C(=O)C(=O)N(c3cccc(F)c3)C2c2ccccn2)cc1. The number of hydrogen-bond donors (Lipinski definition) is 1. The average molecular weight is 388 g/mol. The van der Waals surface area contributed by atoms with Crippen LogP contribution >= 0.6 is 0 Å². The van der Waals surface area contributed by atoms with Crippen LogP contribution in [0.4, 0.5) is 10.1 Å². The molecule has 0 radical (unpaired) electrons. The average Bonchev–Trinajstić information content (AvgIpc) is 2.99. The van der Waals surface area contributed by atoms with Crippen molar-refractivity contribution in [2.45, 2.75) is 13.0 Å². The van der Waals surface area contributed by atoms with Crippen molar-refractivity contribution in [3.05, 3.63) is 101 Å². The van der Waals surface area contributed by atoms with Gasteiger partial charge in [-0.1, -0.05) is 42.0 Å². The molecule has 0 aliphatic carbocycles. The number of aliphatic hydroxyl groups is 1. The molecule has 1 unspecified atom stereocenters. The Balaban J connectivity index is 1.94. The Kier molecular flexibility index (Phi) is 4.68. The van der Waals surface area contributed by atoms with Crippen molar-refractivity contribution in [3.8, 4) is 0 Å². The maximum Gasteiger partial charge on any atom is 0.300 e. The molecule has 29 heavy (non-hydrogen) atoms. The van der Waals surface area contributed by atoms with Crippen molar-refractivity contribution in [3.63, 3.8) is 0 Å². The van der Waals surface area contributed by atoms with Gasteiger partial charge < -0.3 is 5.11 Å². The van der Waals surface area contributed by atoms with Crippen molar-refractivity contribution < 1.29 is 19.1 Å². The summed E-state index contributed by atoms with van der Waals surface area (Å²) in [7, 11) is 0. The van der Waals surface area contributed by atoms with Gasteiger partial charge in [0.1, 0.15) is 17.6 Å². The number of aromatic nitrogens is 1. The second-order valence-electron chi connectivity index (χ2n) is 6.77. The zero-order valence-electron chi connectivity index (χ0n) is 15.5. The molecule has 0 bridgehead atoms. The normalized spacial score (nSPS) is 18.3. The van der Waals surface area contributed by atoms with Crippen molar-refractivity contribution in [2.75, 3.05) is 4.90 Å². The molecule has 2 aromatic carbocycles. The van der Waals surface area contributed by atoms with Gasteiger partial charge in [-0.3, -0.25) is 19.5 Å². The van der Waals surface area contributed by atoms with Crippen LogP contribution in [-0.4, -0.2) is 21.8 Å². The molecule has 1 amide bonds. The van der Waals surface area contributed by atoms with Crippen LogP contribution in [0, 0.1) is 12.7 Å². The molecule has 1 saturated heterocycles. The largest absolute Gasteiger partial charge is 0.507 e. The Bertz CT molecular complexity index is 1120. The van der Waals surface area contributed by atoms with Gasteiger partial charge in [0.05, 0.1) is 11.3 Å². The maximum atomic E-state index is 13.8. The number of nitrogens with zero attached hydrogens (tertiary/aromatic N) is 2. The van der Waals surface area contributed by atoms with Crippen LogP contribution in [0.2, 0.25) is 0 Å². The van der Waals surface area contributed by atoms with Crippen LogP contribution in [0.25, 0.3) is 5.76 Å². The van der Waals surface area contributed by atoms with E-state index in [1.165, 1.54) is 35.4 Å². The number of carbonyl (C=O) groups is 2. The van der Waals surface area contributed by atoms with E-state index in [0.717, 1.165) is 5.56 Å². The number of rotatable bonds is 3. The highest BCUT2D eigenvalue weighted by Gasteiger charge is 2.47. The Morgan fingerprint density at radius 3 is 2.45 bits per heavy atom. The van der Waals surface area contributed by atoms with Gasteiger partial charge in [-0.25, -0.2) is 4.39 Å². The molecule has 1 aliphatic rings. The summed E-state index contributed by atoms with van der Waals surface area (Å²) in [5.74, 6) is -2.52. The molecule has 4 rings (SSSR count). The minimum atomic E-state index is -0.973. The maximum absolute atomic E-state index is 13.8. The van der Waals surface area contributed by atoms with Gasteiger partial charge in [-0.15, -0.1) is 0 Å². The molecule has 6 heteroatoms. The summed E-state index contributed by atoms with van der Waals surface area (Å²) in [5, 5.41) is 10.9. The van der Waals surface area contributed by atoms with E-state index in [1.807, 2.05) is 6.92 Å². The fourth-order valence-electron chi connectivity index (χ4n) is 3.41. The zero-order valence-corrected chi connectivity index (χ0v) is 15.5. The van der Waals surface area contributed by atoms with Gasteiger partial charge in [0.25, 0.3) is 11.7 Å². The summed E-state index contributed by atoms with van der Waals surface area (Å²) in [6.45, 7) is 1.90. The highest BCUT2D eigenvalue weighted by Crippen LogP contribution is 2.41. The molecule has 2 heterocycles. The number of aliphatic hydroxyl groups excluding tert-OH is 1. The van der Waals surface area contributed by atoms with Crippen molar-refractivity contribution in [2.24, 2.45) is 0 Å². The standard InChI is InChI=1S/C23H17FN2O3/c1-14-8-10-15(11-9-14)21(27)19-20(18-7-2-3-12-25-18)26(23(29)22(19)28)17-6-4-5-16(24)13-17/h2-13,20,27H,1H3/b21-19+. The number of hydrogen-bond acceptors (Lipinski definition) is 4. The number of Topliss-reactive ketones (excluding diaryl/α,β-unsaturated/α-hetero) is 1. The fourth-order valence-corrected chi connectivity index (χ4v) is 3.41. The number of aryl methyl sites for hydroxylation is 1. The number of anilines is 1. The first-order chi connectivity index (χ1) is 14.0. The van der Waals surface area contributed by atoms with Crippen LogP contribution in [-0.2, 0) is 9.59 Å². The van der Waals surface area contributed by atoms with E-state index in [0.29, 0.717) is 11.3 Å². The van der Waals surface area contributed by atoms with Gasteiger partial charge in [-0.2, -0.15) is 0 Å². The monoisotopic (exact) mass is 388 g/mol. The van der Waals surface area contributed by atoms with E-state index < -0.39 is 23.5 Å². The lowest BCUT2D eigenvalue weighted by Crippen LogP contribution is -2.29. The second-order valence-corrected chi connectivity index (χ2v) is 6.77. The van der Waals surface area contributed by atoms with E-state index in [1.54, 1.807) is 42.5 Å². The molecule has 1 aliphatic heterocycles. The highest BCUT2D eigenvalue weighted by molar-refractivity contribution is 6.51. The predicted octanol–water partition coefficient (Wildman–Crippen LogP) is 4.16. The van der Waals surface area contributed by atoms with E-state index >= 15 is 0 Å². The summed E-state index contributed by atoms with van der Waals surface area (Å²) < 4.78 is 13.8. The fraction of sp³-hybridized carbons (Fsp3) is 0.0870. The van der Waals surface area contributed by atoms with Crippen molar-refractivity contribution >= 4 is 23.1 Å². The second kappa shape index (κ2) is 7.31. The van der Waals surface area contributed by atoms with E-state index in [9.17, 15) is 19.1 Å². The predicted molar refractivity (Wildman–Crippen MR) is 107 cm³/mol. The first-order valence-electron chi connectivity index (χ1n) is 9.02. The smallest absolute Gasteiger partial charge is 0.300 e. The lowest BCUT2D eigenvalue weighted by molar-refractivity contribution is -0.132. The lowest BCUT2D eigenvalue weighted by Gasteiger charge is -2.24. The summed E-state index contributed by atoms with van der Waals surface area (Å²) in [6.07, 6.45) is 1.53. The van der Waals surface area contributed by atoms with E-state index in [-0.39, 0.29) is 17.0 Å². The number of benzene rings is 2. The molecule has 1 aromatic heterocycles. The van der Waals surface area contributed by atoms with Crippen molar-refractivity contribution in [1.29, 1.82) is 0 Å². The van der Waals surface area contributed by atoms with Crippen LogP contribution in [0.1, 0.15) is 22.9 Å². The summed E-state index contributed by atoms with van der Waals surface area (Å²) in [4.78, 5) is 31.2. The quantitative estimate of drug-likeness (QED) is 0.416. The van der Waals surface area contributed by atoms with Crippen molar-refractivity contribution in [1.82, 2.24) is 4.98 Å². The summed E-state index contributed by atoms with van der Waals surface area (Å²) in [5.41, 5.74) is 1.92. The van der Waals surface area contributed by atoms with Crippen LogP contribution in [0.3, 0.4) is 0 Å². The van der Waals surface area contributed by atoms with E-state index in [4.69, 9.17) is 0 Å². The molecular formula is C23H17FN2O3. The molecule has 0 saturated carbocycles. The number of ketones is 1. The molecule has 1 N–H and O–H groups in total. The third-order valence-electron chi connectivity index (χ3n) is 4.82. The number of amides is 1. The Morgan fingerprint density at radius 2 is 1.79 bits per heavy atom.